The molecule has 2 aromatic heterocycles. The molecule has 1 N–H and O–H groups in total. The summed E-state index contributed by atoms with van der Waals surface area (Å²) in [6.07, 6.45) is 0.960. The van der Waals surface area contributed by atoms with Gasteiger partial charge in [-0.2, -0.15) is 5.10 Å². The number of hydrogen-bond donors (Lipinski definition) is 1. The van der Waals surface area contributed by atoms with Crippen LogP contribution in [0.4, 0.5) is 11.5 Å². The molecule has 174 valence electrons. The van der Waals surface area contributed by atoms with Crippen molar-refractivity contribution < 1.29 is 14.3 Å². The number of benzene rings is 1. The lowest BCUT2D eigenvalue weighted by molar-refractivity contribution is -0.116. The normalized spacial score (nSPS) is 13.7. The standard InChI is InChI=1S/C24H30N6O3/c1-4-33-20-7-5-19(6-8-20)25-24(31)12-9-21-17(2)28-30(18(21)3)23-11-10-22(26-27-23)29-13-15-32-16-14-29/h5-8,10-11H,4,9,12-16H2,1-3H3,(H,25,31). The first-order chi connectivity index (χ1) is 16.0. The molecule has 33 heavy (non-hydrogen) atoms. The molecule has 0 saturated carbocycles. The van der Waals surface area contributed by atoms with Gasteiger partial charge in [-0.3, -0.25) is 4.79 Å². The van der Waals surface area contributed by atoms with E-state index in [2.05, 4.69) is 25.5 Å². The lowest BCUT2D eigenvalue weighted by atomic mass is 10.1. The van der Waals surface area contributed by atoms with Crippen molar-refractivity contribution in [2.24, 2.45) is 0 Å². The summed E-state index contributed by atoms with van der Waals surface area (Å²) in [7, 11) is 0. The van der Waals surface area contributed by atoms with Crippen molar-refractivity contribution in [3.05, 3.63) is 53.3 Å². The zero-order valence-corrected chi connectivity index (χ0v) is 19.4. The molecule has 1 aliphatic heterocycles. The van der Waals surface area contributed by atoms with Crippen molar-refractivity contribution in [3.63, 3.8) is 0 Å². The highest BCUT2D eigenvalue weighted by Gasteiger charge is 2.17. The van der Waals surface area contributed by atoms with Crippen molar-refractivity contribution in [1.29, 1.82) is 0 Å². The molecule has 4 rings (SSSR count). The fraction of sp³-hybridized carbons (Fsp3) is 0.417. The maximum atomic E-state index is 12.5. The smallest absolute Gasteiger partial charge is 0.224 e. The summed E-state index contributed by atoms with van der Waals surface area (Å²) in [5.74, 6) is 2.25. The number of carbonyl (C=O) groups is 1. The van der Waals surface area contributed by atoms with Gasteiger partial charge in [-0.25, -0.2) is 4.68 Å². The van der Waals surface area contributed by atoms with Gasteiger partial charge in [0.05, 0.1) is 25.5 Å². The number of aromatic nitrogens is 4. The first kappa shape index (κ1) is 22.7. The van der Waals surface area contributed by atoms with E-state index in [9.17, 15) is 4.79 Å². The van der Waals surface area contributed by atoms with E-state index in [0.29, 0.717) is 38.5 Å². The fourth-order valence-corrected chi connectivity index (χ4v) is 3.92. The van der Waals surface area contributed by atoms with Crippen molar-refractivity contribution in [2.45, 2.75) is 33.6 Å². The molecule has 3 aromatic rings. The van der Waals surface area contributed by atoms with Crippen LogP contribution in [0.2, 0.25) is 0 Å². The Morgan fingerprint density at radius 1 is 1.06 bits per heavy atom. The molecule has 0 unspecified atom stereocenters. The van der Waals surface area contributed by atoms with Gasteiger partial charge in [-0.15, -0.1) is 10.2 Å². The van der Waals surface area contributed by atoms with Crippen LogP contribution in [0.3, 0.4) is 0 Å². The van der Waals surface area contributed by atoms with E-state index in [-0.39, 0.29) is 5.91 Å². The molecule has 0 radical (unpaired) electrons. The van der Waals surface area contributed by atoms with E-state index in [1.165, 1.54) is 0 Å². The molecule has 9 nitrogen and oxygen atoms in total. The predicted octanol–water partition coefficient (Wildman–Crippen LogP) is 3.09. The van der Waals surface area contributed by atoms with E-state index < -0.39 is 0 Å². The third-order valence-electron chi connectivity index (χ3n) is 5.68. The predicted molar refractivity (Wildman–Crippen MR) is 126 cm³/mol. The second kappa shape index (κ2) is 10.4. The average Bonchev–Trinajstić information content (AvgIpc) is 3.13. The number of ether oxygens (including phenoxy) is 2. The van der Waals surface area contributed by atoms with Gasteiger partial charge in [-0.05, 0) is 69.2 Å². The highest BCUT2D eigenvalue weighted by atomic mass is 16.5. The maximum Gasteiger partial charge on any atom is 0.224 e. The van der Waals surface area contributed by atoms with Gasteiger partial charge < -0.3 is 19.7 Å². The summed E-state index contributed by atoms with van der Waals surface area (Å²) in [6.45, 7) is 9.55. The van der Waals surface area contributed by atoms with Gasteiger partial charge in [0.1, 0.15) is 5.75 Å². The molecule has 1 aliphatic rings. The van der Waals surface area contributed by atoms with Crippen LogP contribution in [0.15, 0.2) is 36.4 Å². The fourth-order valence-electron chi connectivity index (χ4n) is 3.92. The summed E-state index contributed by atoms with van der Waals surface area (Å²) >= 11 is 0. The van der Waals surface area contributed by atoms with Crippen molar-refractivity contribution in [1.82, 2.24) is 20.0 Å². The molecule has 3 heterocycles. The highest BCUT2D eigenvalue weighted by Crippen LogP contribution is 2.21. The van der Waals surface area contributed by atoms with Crippen LogP contribution >= 0.6 is 0 Å². The van der Waals surface area contributed by atoms with Crippen LogP contribution in [0.25, 0.3) is 5.82 Å². The number of hydrogen-bond acceptors (Lipinski definition) is 7. The average molecular weight is 451 g/mol. The third kappa shape index (κ3) is 5.48. The number of nitrogens with one attached hydrogen (secondary N) is 1. The molecular weight excluding hydrogens is 420 g/mol. The second-order valence-corrected chi connectivity index (χ2v) is 7.92. The largest absolute Gasteiger partial charge is 0.494 e. The zero-order valence-electron chi connectivity index (χ0n) is 19.4. The minimum atomic E-state index is -0.0413. The van der Waals surface area contributed by atoms with Crippen LogP contribution in [0.5, 0.6) is 5.75 Å². The number of rotatable bonds is 8. The number of carbonyl (C=O) groups excluding carboxylic acids is 1. The monoisotopic (exact) mass is 450 g/mol. The quantitative estimate of drug-likeness (QED) is 0.564. The molecule has 9 heteroatoms. The number of morpholine rings is 1. The lowest BCUT2D eigenvalue weighted by Gasteiger charge is -2.27. The van der Waals surface area contributed by atoms with E-state index >= 15 is 0 Å². The first-order valence-electron chi connectivity index (χ1n) is 11.3. The van der Waals surface area contributed by atoms with E-state index in [4.69, 9.17) is 9.47 Å². The van der Waals surface area contributed by atoms with Gasteiger partial charge in [0, 0.05) is 30.9 Å². The van der Waals surface area contributed by atoms with Gasteiger partial charge in [0.2, 0.25) is 5.91 Å². The van der Waals surface area contributed by atoms with Gasteiger partial charge in [0.25, 0.3) is 0 Å². The molecule has 0 bridgehead atoms. The van der Waals surface area contributed by atoms with Gasteiger partial charge in [0.15, 0.2) is 11.6 Å². The zero-order chi connectivity index (χ0) is 23.2. The lowest BCUT2D eigenvalue weighted by Crippen LogP contribution is -2.36. The Hall–Kier alpha value is -3.46. The third-order valence-corrected chi connectivity index (χ3v) is 5.68. The minimum Gasteiger partial charge on any atom is -0.494 e. The summed E-state index contributed by atoms with van der Waals surface area (Å²) in [4.78, 5) is 14.6. The molecule has 1 saturated heterocycles. The molecule has 1 amide bonds. The summed E-state index contributed by atoms with van der Waals surface area (Å²) in [5, 5.41) is 16.4. The first-order valence-corrected chi connectivity index (χ1v) is 11.3. The van der Waals surface area contributed by atoms with Crippen LogP contribution in [-0.4, -0.2) is 58.8 Å². The second-order valence-electron chi connectivity index (χ2n) is 7.92. The Bertz CT molecular complexity index is 1070. The van der Waals surface area contributed by atoms with E-state index in [0.717, 1.165) is 47.3 Å². The van der Waals surface area contributed by atoms with Crippen LogP contribution < -0.4 is 15.0 Å². The minimum absolute atomic E-state index is 0.0413. The number of anilines is 2. The Balaban J connectivity index is 1.38. The Morgan fingerprint density at radius 3 is 2.42 bits per heavy atom. The number of aryl methyl sites for hydroxylation is 1. The SMILES string of the molecule is CCOc1ccc(NC(=O)CCc2c(C)nn(-c3ccc(N4CCOCC4)nn3)c2C)cc1. The highest BCUT2D eigenvalue weighted by molar-refractivity contribution is 5.90. The Labute approximate surface area is 193 Å². The van der Waals surface area contributed by atoms with Crippen molar-refractivity contribution in [2.75, 3.05) is 43.1 Å². The van der Waals surface area contributed by atoms with Crippen LogP contribution in [0.1, 0.15) is 30.3 Å². The molecule has 1 aromatic carbocycles. The van der Waals surface area contributed by atoms with Crippen molar-refractivity contribution >= 4 is 17.4 Å². The van der Waals surface area contributed by atoms with Crippen LogP contribution in [-0.2, 0) is 16.0 Å². The van der Waals surface area contributed by atoms with Gasteiger partial charge in [-0.1, -0.05) is 0 Å². The molecule has 0 atom stereocenters. The maximum absolute atomic E-state index is 12.5. The molecule has 0 aliphatic carbocycles. The topological polar surface area (TPSA) is 94.4 Å². The Kier molecular flexibility index (Phi) is 7.19. The van der Waals surface area contributed by atoms with Gasteiger partial charge >= 0.3 is 0 Å². The van der Waals surface area contributed by atoms with E-state index in [1.807, 2.05) is 57.2 Å². The Morgan fingerprint density at radius 2 is 1.76 bits per heavy atom. The number of amides is 1. The molecular formula is C24H30N6O3. The summed E-state index contributed by atoms with van der Waals surface area (Å²) in [5.41, 5.74) is 3.66. The summed E-state index contributed by atoms with van der Waals surface area (Å²) in [6, 6.07) is 11.3. The van der Waals surface area contributed by atoms with Crippen LogP contribution in [0, 0.1) is 13.8 Å². The number of nitrogens with zero attached hydrogens (tertiary/aromatic N) is 5. The molecule has 1 fully saturated rings. The molecule has 0 spiro atoms. The van der Waals surface area contributed by atoms with Crippen molar-refractivity contribution in [3.8, 4) is 11.6 Å². The van der Waals surface area contributed by atoms with E-state index in [1.54, 1.807) is 4.68 Å². The summed E-state index contributed by atoms with van der Waals surface area (Å²) < 4.78 is 12.6.